The Hall–Kier alpha value is -1.10. The summed E-state index contributed by atoms with van der Waals surface area (Å²) in [6, 6.07) is 9.13. The third-order valence-corrected chi connectivity index (χ3v) is 1.12. The van der Waals surface area contributed by atoms with Crippen LogP contribution in [0.5, 0.6) is 0 Å². The molecule has 0 heterocycles. The molecule has 1 aromatic rings. The van der Waals surface area contributed by atoms with E-state index < -0.39 is 0 Å². The van der Waals surface area contributed by atoms with Crippen LogP contribution in [0.3, 0.4) is 0 Å². The van der Waals surface area contributed by atoms with Crippen molar-refractivity contribution in [1.82, 2.24) is 0 Å². The summed E-state index contributed by atoms with van der Waals surface area (Å²) in [6.07, 6.45) is 0. The number of nitrogens with two attached hydrogens (primary N) is 2. The van der Waals surface area contributed by atoms with Gasteiger partial charge in [-0.2, -0.15) is 16.0 Å². The van der Waals surface area contributed by atoms with E-state index in [4.69, 9.17) is 11.7 Å². The van der Waals surface area contributed by atoms with Crippen molar-refractivity contribution in [3.8, 4) is 0 Å². The smallest absolute Gasteiger partial charge is 0.0839 e. The molecule has 1 rings (SSSR count). The van der Waals surface area contributed by atoms with Gasteiger partial charge in [-0.15, -0.1) is 0 Å². The van der Waals surface area contributed by atoms with E-state index in [1.54, 1.807) is 12.1 Å². The monoisotopic (exact) mass is 139 g/mol. The highest BCUT2D eigenvalue weighted by Gasteiger charge is 1.95. The summed E-state index contributed by atoms with van der Waals surface area (Å²) in [6.45, 7) is 0. The minimum absolute atomic E-state index is 0.713. The minimum Gasteiger partial charge on any atom is -0.221 e. The zero-order chi connectivity index (χ0) is 7.40. The first kappa shape index (κ1) is 7.01. The summed E-state index contributed by atoms with van der Waals surface area (Å²) in [4.78, 5) is 4.25. The van der Waals surface area contributed by atoms with Crippen molar-refractivity contribution >= 4 is 5.69 Å². The molecule has 0 aliphatic heterocycles. The summed E-state index contributed by atoms with van der Waals surface area (Å²) in [5.74, 6) is 10.1. The van der Waals surface area contributed by atoms with E-state index in [1.807, 2.05) is 18.2 Å². The molecule has 0 amide bonds. The van der Waals surface area contributed by atoms with Crippen LogP contribution in [-0.2, 0) is 4.94 Å². The van der Waals surface area contributed by atoms with Crippen molar-refractivity contribution in [2.75, 3.05) is 5.17 Å². The van der Waals surface area contributed by atoms with Crippen LogP contribution in [-0.4, -0.2) is 0 Å². The predicted octanol–water partition coefficient (Wildman–Crippen LogP) is 0.172. The lowest BCUT2D eigenvalue weighted by atomic mass is 10.3. The van der Waals surface area contributed by atoms with Crippen molar-refractivity contribution in [3.05, 3.63) is 30.3 Å². The first-order valence-corrected chi connectivity index (χ1v) is 2.81. The standard InChI is InChI=1S/C6H9N3O/c7-9(10-8)6-4-2-1-3-5-6/h1-5H,7-8H2. The molecule has 54 valence electrons. The second-order valence-electron chi connectivity index (χ2n) is 1.77. The van der Waals surface area contributed by atoms with Gasteiger partial charge in [-0.1, -0.05) is 18.2 Å². The van der Waals surface area contributed by atoms with Gasteiger partial charge >= 0.3 is 0 Å². The fourth-order valence-electron chi connectivity index (χ4n) is 0.636. The van der Waals surface area contributed by atoms with Crippen molar-refractivity contribution in [3.63, 3.8) is 0 Å². The number of anilines is 1. The Balaban J connectivity index is 2.75. The number of para-hydroxylation sites is 1. The Kier molecular flexibility index (Phi) is 2.22. The molecule has 0 fully saturated rings. The van der Waals surface area contributed by atoms with Crippen LogP contribution >= 0.6 is 0 Å². The van der Waals surface area contributed by atoms with Crippen molar-refractivity contribution < 1.29 is 4.94 Å². The molecule has 4 nitrogen and oxygen atoms in total. The molecule has 0 bridgehead atoms. The number of hydrogen-bond acceptors (Lipinski definition) is 4. The Morgan fingerprint density at radius 2 is 1.80 bits per heavy atom. The van der Waals surface area contributed by atoms with Crippen molar-refractivity contribution in [2.24, 2.45) is 11.7 Å². The number of nitrogens with zero attached hydrogens (tertiary/aromatic N) is 1. The van der Waals surface area contributed by atoms with E-state index in [2.05, 4.69) is 4.94 Å². The molecule has 0 atom stereocenters. The lowest BCUT2D eigenvalue weighted by molar-refractivity contribution is 0.111. The van der Waals surface area contributed by atoms with Gasteiger partial charge in [-0.25, -0.2) is 5.84 Å². The SMILES string of the molecule is NON(N)c1ccccc1. The maximum absolute atomic E-state index is 5.28. The van der Waals surface area contributed by atoms with E-state index in [9.17, 15) is 0 Å². The second-order valence-corrected chi connectivity index (χ2v) is 1.77. The highest BCUT2D eigenvalue weighted by atomic mass is 16.8. The van der Waals surface area contributed by atoms with Crippen LogP contribution in [0.25, 0.3) is 0 Å². The molecule has 0 radical (unpaired) electrons. The van der Waals surface area contributed by atoms with Crippen molar-refractivity contribution in [1.29, 1.82) is 0 Å². The third-order valence-electron chi connectivity index (χ3n) is 1.12. The molecule has 0 saturated heterocycles. The Labute approximate surface area is 58.9 Å². The molecule has 4 heteroatoms. The predicted molar refractivity (Wildman–Crippen MR) is 38.4 cm³/mol. The van der Waals surface area contributed by atoms with Gasteiger partial charge in [0, 0.05) is 0 Å². The zero-order valence-electron chi connectivity index (χ0n) is 5.40. The highest BCUT2D eigenvalue weighted by molar-refractivity contribution is 5.41. The quantitative estimate of drug-likeness (QED) is 0.453. The van der Waals surface area contributed by atoms with E-state index in [0.29, 0.717) is 5.69 Å². The summed E-state index contributed by atoms with van der Waals surface area (Å²) in [5.41, 5.74) is 0.713. The summed E-state index contributed by atoms with van der Waals surface area (Å²) in [7, 11) is 0. The molecule has 0 aliphatic rings. The highest BCUT2D eigenvalue weighted by Crippen LogP contribution is 2.07. The first-order valence-electron chi connectivity index (χ1n) is 2.81. The van der Waals surface area contributed by atoms with Gasteiger partial charge in [0.2, 0.25) is 0 Å². The minimum atomic E-state index is 0.713. The van der Waals surface area contributed by atoms with Crippen molar-refractivity contribution in [2.45, 2.75) is 0 Å². The molecule has 0 aliphatic carbocycles. The van der Waals surface area contributed by atoms with Crippen LogP contribution in [0.1, 0.15) is 0 Å². The fourth-order valence-corrected chi connectivity index (χ4v) is 0.636. The second kappa shape index (κ2) is 3.17. The van der Waals surface area contributed by atoms with Gasteiger partial charge in [0.25, 0.3) is 0 Å². The van der Waals surface area contributed by atoms with Gasteiger partial charge in [-0.05, 0) is 12.1 Å². The van der Waals surface area contributed by atoms with Gasteiger partial charge in [0.1, 0.15) is 0 Å². The number of benzene rings is 1. The Morgan fingerprint density at radius 3 is 2.30 bits per heavy atom. The van der Waals surface area contributed by atoms with Gasteiger partial charge in [-0.3, -0.25) is 0 Å². The van der Waals surface area contributed by atoms with Gasteiger partial charge in [0.05, 0.1) is 5.69 Å². The lowest BCUT2D eigenvalue weighted by Gasteiger charge is -2.12. The van der Waals surface area contributed by atoms with Gasteiger partial charge < -0.3 is 0 Å². The summed E-state index contributed by atoms with van der Waals surface area (Å²) < 4.78 is 0. The van der Waals surface area contributed by atoms with Crippen LogP contribution in [0, 0.1) is 0 Å². The molecular formula is C6H9N3O. The van der Waals surface area contributed by atoms with Gasteiger partial charge in [0.15, 0.2) is 0 Å². The topological polar surface area (TPSA) is 64.5 Å². The molecular weight excluding hydrogens is 130 g/mol. The number of hydrogen-bond donors (Lipinski definition) is 2. The molecule has 10 heavy (non-hydrogen) atoms. The van der Waals surface area contributed by atoms with E-state index in [-0.39, 0.29) is 0 Å². The van der Waals surface area contributed by atoms with E-state index in [1.165, 1.54) is 0 Å². The van der Waals surface area contributed by atoms with Crippen LogP contribution in [0.15, 0.2) is 30.3 Å². The maximum Gasteiger partial charge on any atom is 0.0839 e. The number of hydrazine groups is 1. The zero-order valence-corrected chi connectivity index (χ0v) is 5.40. The molecule has 0 spiro atoms. The maximum atomic E-state index is 5.28. The normalized spacial score (nSPS) is 9.40. The average molecular weight is 139 g/mol. The van der Waals surface area contributed by atoms with E-state index >= 15 is 0 Å². The van der Waals surface area contributed by atoms with E-state index in [0.717, 1.165) is 5.17 Å². The Morgan fingerprint density at radius 1 is 1.20 bits per heavy atom. The number of rotatable bonds is 2. The fraction of sp³-hybridized carbons (Fsp3) is 0. The molecule has 0 saturated carbocycles. The summed E-state index contributed by atoms with van der Waals surface area (Å²) in [5, 5.41) is 0.986. The molecule has 0 unspecified atom stereocenters. The average Bonchev–Trinajstić information content (AvgIpc) is 2.05. The first-order chi connectivity index (χ1) is 4.84. The largest absolute Gasteiger partial charge is 0.221 e. The molecule has 0 aromatic heterocycles. The van der Waals surface area contributed by atoms with Crippen LogP contribution in [0.4, 0.5) is 5.69 Å². The van der Waals surface area contributed by atoms with Crippen LogP contribution in [0.2, 0.25) is 0 Å². The van der Waals surface area contributed by atoms with Crippen LogP contribution < -0.4 is 16.9 Å². The Bertz CT molecular complexity index is 189. The lowest BCUT2D eigenvalue weighted by Crippen LogP contribution is -2.33. The molecule has 4 N–H and O–H groups in total. The molecule has 1 aromatic carbocycles. The third kappa shape index (κ3) is 1.44. The summed E-state index contributed by atoms with van der Waals surface area (Å²) >= 11 is 0.